The zero-order valence-electron chi connectivity index (χ0n) is 12.8. The molecule has 0 aromatic heterocycles. The van der Waals surface area contributed by atoms with Crippen LogP contribution < -0.4 is 0 Å². The Bertz CT molecular complexity index is 395. The first kappa shape index (κ1) is 15.1. The van der Waals surface area contributed by atoms with Crippen molar-refractivity contribution >= 4 is 12.0 Å². The molecule has 0 saturated carbocycles. The van der Waals surface area contributed by atoms with Crippen LogP contribution in [0.15, 0.2) is 0 Å². The highest BCUT2D eigenvalue weighted by molar-refractivity contribution is 5.83. The van der Waals surface area contributed by atoms with Gasteiger partial charge in [0.25, 0.3) is 0 Å². The van der Waals surface area contributed by atoms with Gasteiger partial charge < -0.3 is 14.9 Å². The molecule has 2 atom stereocenters. The second-order valence-electron chi connectivity index (χ2n) is 6.82. The average molecular weight is 282 g/mol. The summed E-state index contributed by atoms with van der Waals surface area (Å²) in [5, 5.41) is 9.52. The van der Waals surface area contributed by atoms with E-state index in [2.05, 4.69) is 6.92 Å². The number of rotatable bonds is 2. The summed E-state index contributed by atoms with van der Waals surface area (Å²) >= 11 is 0. The average Bonchev–Trinajstić information content (AvgIpc) is 2.84. The number of carbonyl (C=O) groups is 2. The molecular weight excluding hydrogens is 256 g/mol. The molecule has 0 aromatic carbocycles. The fourth-order valence-corrected chi connectivity index (χ4v) is 3.59. The fraction of sp³-hybridized carbons (Fsp3) is 0.867. The zero-order chi connectivity index (χ0) is 14.9. The molecule has 5 nitrogen and oxygen atoms in total. The highest BCUT2D eigenvalue weighted by Gasteiger charge is 2.46. The van der Waals surface area contributed by atoms with Gasteiger partial charge in [-0.3, -0.25) is 0 Å². The summed E-state index contributed by atoms with van der Waals surface area (Å²) in [5.41, 5.74) is -0.358. The van der Waals surface area contributed by atoms with Gasteiger partial charge in [-0.2, -0.15) is 0 Å². The Morgan fingerprint density at radius 1 is 1.30 bits per heavy atom. The largest absolute Gasteiger partial charge is 0.480 e. The standard InChI is InChI=1S/C15H26N2O3/c1-4-11-6-9-16(10-11)14(20)17-8-5-7-15(2,3)12(17)13(18)19/h11-12H,4-10H2,1-3H3,(H,18,19). The number of aliphatic carboxylic acids is 1. The molecule has 20 heavy (non-hydrogen) atoms. The molecule has 2 fully saturated rings. The molecule has 2 amide bonds. The van der Waals surface area contributed by atoms with Crippen LogP contribution in [0, 0.1) is 11.3 Å². The summed E-state index contributed by atoms with van der Waals surface area (Å²) < 4.78 is 0. The quantitative estimate of drug-likeness (QED) is 0.846. The Morgan fingerprint density at radius 3 is 2.55 bits per heavy atom. The van der Waals surface area contributed by atoms with Crippen LogP contribution in [-0.2, 0) is 4.79 Å². The van der Waals surface area contributed by atoms with Crippen LogP contribution in [0.3, 0.4) is 0 Å². The van der Waals surface area contributed by atoms with Gasteiger partial charge in [-0.15, -0.1) is 0 Å². The third-order valence-electron chi connectivity index (χ3n) is 4.89. The van der Waals surface area contributed by atoms with Gasteiger partial charge in [0.1, 0.15) is 6.04 Å². The van der Waals surface area contributed by atoms with Gasteiger partial charge in [0.05, 0.1) is 0 Å². The van der Waals surface area contributed by atoms with Crippen LogP contribution >= 0.6 is 0 Å². The van der Waals surface area contributed by atoms with Crippen molar-refractivity contribution in [1.29, 1.82) is 0 Å². The summed E-state index contributed by atoms with van der Waals surface area (Å²) in [7, 11) is 0. The lowest BCUT2D eigenvalue weighted by Crippen LogP contribution is -2.59. The second kappa shape index (κ2) is 5.62. The summed E-state index contributed by atoms with van der Waals surface area (Å²) in [6.07, 6.45) is 3.85. The monoisotopic (exact) mass is 282 g/mol. The Hall–Kier alpha value is -1.26. The van der Waals surface area contributed by atoms with Crippen LogP contribution in [0.25, 0.3) is 0 Å². The molecule has 2 saturated heterocycles. The van der Waals surface area contributed by atoms with Crippen LogP contribution in [0.4, 0.5) is 4.79 Å². The number of likely N-dealkylation sites (tertiary alicyclic amines) is 2. The molecule has 2 aliphatic heterocycles. The van der Waals surface area contributed by atoms with E-state index in [-0.39, 0.29) is 11.4 Å². The summed E-state index contributed by atoms with van der Waals surface area (Å²) in [6.45, 7) is 8.14. The Balaban J connectivity index is 2.13. The van der Waals surface area contributed by atoms with Crippen molar-refractivity contribution in [3.05, 3.63) is 0 Å². The van der Waals surface area contributed by atoms with E-state index in [0.717, 1.165) is 38.8 Å². The van der Waals surface area contributed by atoms with Crippen molar-refractivity contribution in [2.45, 2.75) is 52.5 Å². The molecule has 2 rings (SSSR count). The lowest BCUT2D eigenvalue weighted by molar-refractivity contribution is -0.148. The molecule has 0 aromatic rings. The highest BCUT2D eigenvalue weighted by atomic mass is 16.4. The second-order valence-corrected chi connectivity index (χ2v) is 6.82. The van der Waals surface area contributed by atoms with E-state index < -0.39 is 12.0 Å². The van der Waals surface area contributed by atoms with Gasteiger partial charge in [-0.1, -0.05) is 27.2 Å². The van der Waals surface area contributed by atoms with Gasteiger partial charge in [0, 0.05) is 19.6 Å². The predicted octanol–water partition coefficient (Wildman–Crippen LogP) is 2.41. The first-order valence-electron chi connectivity index (χ1n) is 7.65. The maximum absolute atomic E-state index is 12.7. The summed E-state index contributed by atoms with van der Waals surface area (Å²) in [6, 6.07) is -0.787. The highest BCUT2D eigenvalue weighted by Crippen LogP contribution is 2.36. The smallest absolute Gasteiger partial charge is 0.327 e. The predicted molar refractivity (Wildman–Crippen MR) is 76.5 cm³/mol. The van der Waals surface area contributed by atoms with Crippen LogP contribution in [0.1, 0.15) is 46.5 Å². The van der Waals surface area contributed by atoms with Crippen LogP contribution in [-0.4, -0.2) is 52.6 Å². The molecule has 0 bridgehead atoms. The minimum Gasteiger partial charge on any atom is -0.480 e. The van der Waals surface area contributed by atoms with Crippen molar-refractivity contribution in [1.82, 2.24) is 9.80 Å². The number of hydrogen-bond acceptors (Lipinski definition) is 2. The third-order valence-corrected chi connectivity index (χ3v) is 4.89. The molecule has 2 unspecified atom stereocenters. The number of carboxylic acid groups (broad SMARTS) is 1. The molecule has 2 heterocycles. The summed E-state index contributed by atoms with van der Waals surface area (Å²) in [5.74, 6) is -0.311. The van der Waals surface area contributed by atoms with E-state index >= 15 is 0 Å². The molecule has 5 heteroatoms. The van der Waals surface area contributed by atoms with Crippen molar-refractivity contribution in [3.63, 3.8) is 0 Å². The SMILES string of the molecule is CCC1CCN(C(=O)N2CCCC(C)(C)C2C(=O)O)C1. The minimum absolute atomic E-state index is 0.0823. The number of carbonyl (C=O) groups excluding carboxylic acids is 1. The minimum atomic E-state index is -0.880. The molecule has 114 valence electrons. The first-order valence-corrected chi connectivity index (χ1v) is 7.65. The van der Waals surface area contributed by atoms with Crippen molar-refractivity contribution in [3.8, 4) is 0 Å². The first-order chi connectivity index (χ1) is 9.36. The van der Waals surface area contributed by atoms with Crippen LogP contribution in [0.5, 0.6) is 0 Å². The molecule has 1 N–H and O–H groups in total. The third kappa shape index (κ3) is 2.76. The lowest BCUT2D eigenvalue weighted by atomic mass is 9.76. The number of urea groups is 1. The molecule has 0 radical (unpaired) electrons. The van der Waals surface area contributed by atoms with Crippen molar-refractivity contribution < 1.29 is 14.7 Å². The molecule has 0 spiro atoms. The van der Waals surface area contributed by atoms with Gasteiger partial charge in [-0.05, 0) is 30.6 Å². The van der Waals surface area contributed by atoms with E-state index in [1.54, 1.807) is 4.90 Å². The van der Waals surface area contributed by atoms with E-state index in [1.165, 1.54) is 0 Å². The lowest BCUT2D eigenvalue weighted by Gasteiger charge is -2.45. The van der Waals surface area contributed by atoms with Gasteiger partial charge in [0.2, 0.25) is 0 Å². The Morgan fingerprint density at radius 2 is 2.00 bits per heavy atom. The number of carboxylic acids is 1. The van der Waals surface area contributed by atoms with Crippen molar-refractivity contribution in [2.24, 2.45) is 11.3 Å². The van der Waals surface area contributed by atoms with E-state index in [9.17, 15) is 14.7 Å². The van der Waals surface area contributed by atoms with E-state index in [1.807, 2.05) is 18.7 Å². The zero-order valence-corrected chi connectivity index (χ0v) is 12.8. The topological polar surface area (TPSA) is 60.9 Å². The normalized spacial score (nSPS) is 29.6. The maximum atomic E-state index is 12.7. The van der Waals surface area contributed by atoms with Gasteiger partial charge in [-0.25, -0.2) is 9.59 Å². The van der Waals surface area contributed by atoms with Gasteiger partial charge in [0.15, 0.2) is 0 Å². The van der Waals surface area contributed by atoms with Crippen LogP contribution in [0.2, 0.25) is 0 Å². The molecular formula is C15H26N2O3. The molecule has 0 aliphatic carbocycles. The maximum Gasteiger partial charge on any atom is 0.327 e. The van der Waals surface area contributed by atoms with Crippen molar-refractivity contribution in [2.75, 3.05) is 19.6 Å². The Kier molecular flexibility index (Phi) is 4.25. The number of nitrogens with zero attached hydrogens (tertiary/aromatic N) is 2. The summed E-state index contributed by atoms with van der Waals surface area (Å²) in [4.78, 5) is 27.7. The van der Waals surface area contributed by atoms with Gasteiger partial charge >= 0.3 is 12.0 Å². The van der Waals surface area contributed by atoms with E-state index in [4.69, 9.17) is 0 Å². The fourth-order valence-electron chi connectivity index (χ4n) is 3.59. The number of piperidine rings is 1. The number of hydrogen-bond donors (Lipinski definition) is 1. The molecule has 2 aliphatic rings. The van der Waals surface area contributed by atoms with E-state index in [0.29, 0.717) is 12.5 Å². The number of amides is 2. The Labute approximate surface area is 120 Å².